The molecule has 0 saturated carbocycles. The Balaban J connectivity index is 1.56. The molecule has 3 aromatic heterocycles. The highest BCUT2D eigenvalue weighted by Gasteiger charge is 2.45. The van der Waals surface area contributed by atoms with Crippen LogP contribution in [0.4, 0.5) is 5.13 Å². The van der Waals surface area contributed by atoms with E-state index in [1.165, 1.54) is 11.5 Å². The first-order chi connectivity index (χ1) is 16.8. The highest BCUT2D eigenvalue weighted by molar-refractivity contribution is 7.10. The van der Waals surface area contributed by atoms with Crippen LogP contribution in [0.15, 0.2) is 48.5 Å². The van der Waals surface area contributed by atoms with Crippen molar-refractivity contribution in [2.24, 2.45) is 5.41 Å². The molecule has 0 unspecified atom stereocenters. The molecule has 1 aromatic carbocycles. The van der Waals surface area contributed by atoms with E-state index in [2.05, 4.69) is 19.9 Å². The number of benzene rings is 1. The zero-order chi connectivity index (χ0) is 24.7. The van der Waals surface area contributed by atoms with Crippen LogP contribution in [-0.4, -0.2) is 31.2 Å². The van der Waals surface area contributed by atoms with E-state index in [0.717, 1.165) is 22.4 Å². The number of carbonyl (C=O) groups is 2. The first kappa shape index (κ1) is 22.9. The first-order valence-electron chi connectivity index (χ1n) is 11.4. The van der Waals surface area contributed by atoms with Crippen molar-refractivity contribution in [2.75, 3.05) is 5.32 Å². The van der Waals surface area contributed by atoms with Crippen LogP contribution < -0.4 is 10.1 Å². The van der Waals surface area contributed by atoms with Gasteiger partial charge in [-0.2, -0.15) is 0 Å². The number of hydrogen-bond donors (Lipinski definition) is 2. The molecule has 178 valence electrons. The van der Waals surface area contributed by atoms with E-state index >= 15 is 0 Å². The van der Waals surface area contributed by atoms with Crippen LogP contribution >= 0.6 is 11.5 Å². The average molecular weight is 488 g/mol. The van der Waals surface area contributed by atoms with Crippen LogP contribution in [-0.2, 0) is 4.79 Å². The van der Waals surface area contributed by atoms with Gasteiger partial charge in [0.15, 0.2) is 5.78 Å². The van der Waals surface area contributed by atoms with E-state index in [1.807, 2.05) is 76.2 Å². The van der Waals surface area contributed by atoms with Gasteiger partial charge in [-0.1, -0.05) is 57.2 Å². The number of ketones is 1. The fourth-order valence-corrected chi connectivity index (χ4v) is 4.69. The Labute approximate surface area is 206 Å². The Morgan fingerprint density at radius 3 is 2.31 bits per heavy atom. The summed E-state index contributed by atoms with van der Waals surface area (Å²) in [4.78, 5) is 34.7. The molecular weight excluding hydrogens is 462 g/mol. The Morgan fingerprint density at radius 2 is 1.69 bits per heavy atom. The molecule has 1 aliphatic rings. The lowest BCUT2D eigenvalue weighted by molar-refractivity contribution is -0.124. The van der Waals surface area contributed by atoms with Gasteiger partial charge in [-0.05, 0) is 30.6 Å². The number of H-pyrrole nitrogens is 1. The number of aromatic amines is 1. The van der Waals surface area contributed by atoms with Crippen LogP contribution in [0.25, 0.3) is 11.3 Å². The minimum atomic E-state index is -0.853. The summed E-state index contributed by atoms with van der Waals surface area (Å²) in [7, 11) is 0. The Hall–Kier alpha value is -3.85. The second-order valence-corrected chi connectivity index (χ2v) is 9.89. The molecule has 8 nitrogen and oxygen atoms in total. The molecule has 35 heavy (non-hydrogen) atoms. The average Bonchev–Trinajstić information content (AvgIpc) is 2.83. The van der Waals surface area contributed by atoms with Crippen molar-refractivity contribution in [1.29, 1.82) is 0 Å². The van der Waals surface area contributed by atoms with E-state index < -0.39 is 5.41 Å². The number of amides is 1. The molecule has 0 bridgehead atoms. The van der Waals surface area contributed by atoms with Crippen molar-refractivity contribution in [3.63, 3.8) is 0 Å². The van der Waals surface area contributed by atoms with Crippen molar-refractivity contribution in [1.82, 2.24) is 19.6 Å². The summed E-state index contributed by atoms with van der Waals surface area (Å²) >= 11 is 1.27. The number of Topliss-reactive ketones (excluding diaryl/α,β-unsaturated/α-hetero) is 1. The van der Waals surface area contributed by atoms with Gasteiger partial charge in [0.1, 0.15) is 0 Å². The molecule has 0 saturated heterocycles. The number of ether oxygens (including phenoxy) is 1. The number of aryl methyl sites for hydroxylation is 1. The number of nitrogens with zero attached hydrogens (tertiary/aromatic N) is 3. The zero-order valence-corrected chi connectivity index (χ0v) is 20.7. The van der Waals surface area contributed by atoms with Gasteiger partial charge in [0.2, 0.25) is 22.8 Å². The smallest absolute Gasteiger partial charge is 0.232 e. The van der Waals surface area contributed by atoms with Crippen LogP contribution in [0.2, 0.25) is 0 Å². The van der Waals surface area contributed by atoms with Crippen molar-refractivity contribution in [3.8, 4) is 23.0 Å². The summed E-state index contributed by atoms with van der Waals surface area (Å²) in [6.45, 7) is 7.55. The topological polar surface area (TPSA) is 110 Å². The largest absolute Gasteiger partial charge is 0.420 e. The molecule has 4 aromatic rings. The molecule has 1 aliphatic heterocycles. The number of hydrogen-bond acceptors (Lipinski definition) is 7. The maximum Gasteiger partial charge on any atom is 0.232 e. The van der Waals surface area contributed by atoms with E-state index in [1.54, 1.807) is 0 Å². The second-order valence-electron chi connectivity index (χ2n) is 9.11. The van der Waals surface area contributed by atoms with Gasteiger partial charge in [0.25, 0.3) is 0 Å². The van der Waals surface area contributed by atoms with Gasteiger partial charge in [-0.25, -0.2) is 14.5 Å². The Bertz CT molecular complexity index is 1410. The summed E-state index contributed by atoms with van der Waals surface area (Å²) in [6, 6.07) is 15.2. The van der Waals surface area contributed by atoms with Gasteiger partial charge in [0.05, 0.1) is 11.1 Å². The monoisotopic (exact) mass is 487 g/mol. The molecule has 9 heteroatoms. The lowest BCUT2D eigenvalue weighted by atomic mass is 9.70. The third-order valence-corrected chi connectivity index (χ3v) is 6.94. The van der Waals surface area contributed by atoms with Crippen molar-refractivity contribution >= 4 is 28.4 Å². The first-order valence-corrected chi connectivity index (χ1v) is 12.2. The summed E-state index contributed by atoms with van der Waals surface area (Å²) in [6.07, 6.45) is 0.462. The van der Waals surface area contributed by atoms with Gasteiger partial charge >= 0.3 is 0 Å². The summed E-state index contributed by atoms with van der Waals surface area (Å²) in [5.41, 5.74) is 3.86. The predicted octanol–water partition coefficient (Wildman–Crippen LogP) is 5.73. The SMILES string of the molecule is CCC(=O)c1ccc(-c2ccc3c(n2)Oc2nc(C)ccc2[C@@H]3C(C)(C)C(=O)Nc2n[nH]s2)cc1. The lowest BCUT2D eigenvalue weighted by Gasteiger charge is -2.37. The highest BCUT2D eigenvalue weighted by Crippen LogP contribution is 2.51. The standard InChI is InChI=1S/C26H25N5O3S/c1-5-20(32)16-9-7-15(8-10-16)19-13-12-18-21(26(3,4)24(33)29-25-30-31-35-25)17-11-6-14(2)27-22(17)34-23(18)28-19/h6-13,21,31H,5H2,1-4H3,(H,29,30,33)/t21-/m0/s1. The highest BCUT2D eigenvalue weighted by atomic mass is 32.1. The predicted molar refractivity (Wildman–Crippen MR) is 134 cm³/mol. The number of carbonyl (C=O) groups excluding carboxylic acids is 2. The van der Waals surface area contributed by atoms with Gasteiger partial charge in [-0.15, -0.1) is 5.10 Å². The van der Waals surface area contributed by atoms with Crippen molar-refractivity contribution in [2.45, 2.75) is 40.0 Å². The fraction of sp³-hybridized carbons (Fsp3) is 0.269. The number of rotatable bonds is 6. The van der Waals surface area contributed by atoms with Crippen LogP contribution in [0.1, 0.15) is 60.3 Å². The van der Waals surface area contributed by atoms with E-state index in [4.69, 9.17) is 9.72 Å². The third kappa shape index (κ3) is 4.12. The molecule has 0 aliphatic carbocycles. The lowest BCUT2D eigenvalue weighted by Crippen LogP contribution is -2.38. The quantitative estimate of drug-likeness (QED) is 0.336. The number of pyridine rings is 2. The molecule has 2 N–H and O–H groups in total. The summed E-state index contributed by atoms with van der Waals surface area (Å²) < 4.78 is 8.87. The summed E-state index contributed by atoms with van der Waals surface area (Å²) in [5.74, 6) is 0.481. The Morgan fingerprint density at radius 1 is 1.03 bits per heavy atom. The molecule has 1 atom stereocenters. The minimum Gasteiger partial charge on any atom is -0.420 e. The summed E-state index contributed by atoms with van der Waals surface area (Å²) in [5, 5.41) is 7.39. The van der Waals surface area contributed by atoms with Gasteiger partial charge in [0, 0.05) is 40.3 Å². The van der Waals surface area contributed by atoms with E-state index in [9.17, 15) is 9.59 Å². The van der Waals surface area contributed by atoms with Crippen LogP contribution in [0.5, 0.6) is 11.8 Å². The minimum absolute atomic E-state index is 0.0988. The van der Waals surface area contributed by atoms with Crippen molar-refractivity contribution in [3.05, 3.63) is 70.9 Å². The van der Waals surface area contributed by atoms with Crippen LogP contribution in [0.3, 0.4) is 0 Å². The fourth-order valence-electron chi connectivity index (χ4n) is 4.36. The maximum atomic E-state index is 13.3. The molecule has 4 heterocycles. The van der Waals surface area contributed by atoms with E-state index in [0.29, 0.717) is 34.6 Å². The zero-order valence-electron chi connectivity index (χ0n) is 19.9. The molecule has 5 rings (SSSR count). The molecule has 1 amide bonds. The third-order valence-electron chi connectivity index (χ3n) is 6.37. The number of nitrogens with one attached hydrogen (secondary N) is 2. The van der Waals surface area contributed by atoms with Crippen LogP contribution in [0, 0.1) is 12.3 Å². The van der Waals surface area contributed by atoms with Gasteiger partial charge < -0.3 is 4.74 Å². The molecule has 0 radical (unpaired) electrons. The van der Waals surface area contributed by atoms with Crippen molar-refractivity contribution < 1.29 is 14.3 Å². The number of anilines is 1. The maximum absolute atomic E-state index is 13.3. The molecule has 0 fully saturated rings. The molecule has 0 spiro atoms. The molecular formula is C26H25N5O3S. The number of aromatic nitrogens is 4. The second kappa shape index (κ2) is 8.74. The normalized spacial score (nSPS) is 14.6. The Kier molecular flexibility index (Phi) is 5.72. The van der Waals surface area contributed by atoms with Gasteiger partial charge in [-0.3, -0.25) is 14.9 Å². The van der Waals surface area contributed by atoms with E-state index in [-0.39, 0.29) is 17.6 Å². The number of fused-ring (bicyclic) bond motifs is 2.